The van der Waals surface area contributed by atoms with Crippen LogP contribution in [0.2, 0.25) is 5.15 Å². The minimum atomic E-state index is -1.46. The molecule has 742 valence electrons. The van der Waals surface area contributed by atoms with Crippen LogP contribution in [0.25, 0.3) is 0 Å². The van der Waals surface area contributed by atoms with Crippen molar-refractivity contribution in [2.45, 2.75) is 216 Å². The van der Waals surface area contributed by atoms with E-state index < -0.39 is 81.7 Å². The van der Waals surface area contributed by atoms with Gasteiger partial charge in [-0.3, -0.25) is 0 Å². The molecule has 29 nitrogen and oxygen atoms in total. The molecular weight excluding hydrogens is 1860 g/mol. The molecule has 24 rings (SSSR count). The lowest BCUT2D eigenvalue weighted by atomic mass is 9.92. The van der Waals surface area contributed by atoms with Crippen LogP contribution >= 0.6 is 11.6 Å². The van der Waals surface area contributed by atoms with Gasteiger partial charge in [0.2, 0.25) is 29.7 Å². The van der Waals surface area contributed by atoms with Crippen LogP contribution in [-0.2, 0) is 26.2 Å². The van der Waals surface area contributed by atoms with Crippen molar-refractivity contribution in [1.29, 1.82) is 0 Å². The quantitative estimate of drug-likeness (QED) is 0.0374. The van der Waals surface area contributed by atoms with Crippen molar-refractivity contribution in [3.05, 3.63) is 230 Å². The molecule has 16 atom stereocenters. The van der Waals surface area contributed by atoms with Gasteiger partial charge in [-0.1, -0.05) is 61.5 Å². The molecule has 16 heterocycles. The maximum Gasteiger partial charge on any atom is 0.242 e. The summed E-state index contributed by atoms with van der Waals surface area (Å²) >= 11 is 6.06. The smallest absolute Gasteiger partial charge is 0.242 e. The van der Waals surface area contributed by atoms with Gasteiger partial charge in [0.15, 0.2) is 75.6 Å². The summed E-state index contributed by atoms with van der Waals surface area (Å²) in [7, 11) is 1.59. The van der Waals surface area contributed by atoms with Gasteiger partial charge in [-0.15, -0.1) is 20.4 Å². The van der Waals surface area contributed by atoms with Crippen molar-refractivity contribution < 1.29 is 57.4 Å². The number of nitrogens with one attached hydrogen (secondary N) is 4. The maximum absolute atomic E-state index is 14.7. The van der Waals surface area contributed by atoms with Crippen LogP contribution in [0.3, 0.4) is 0 Å². The van der Waals surface area contributed by atoms with E-state index in [0.717, 1.165) is 195 Å². The predicted octanol–water partition coefficient (Wildman–Crippen LogP) is 17.8. The van der Waals surface area contributed by atoms with Crippen molar-refractivity contribution in [1.82, 2.24) is 98.9 Å². The van der Waals surface area contributed by atoms with Crippen LogP contribution in [0.1, 0.15) is 209 Å². The van der Waals surface area contributed by atoms with E-state index in [4.69, 9.17) is 46.5 Å². The third-order valence-corrected chi connectivity index (χ3v) is 31.4. The highest BCUT2D eigenvalue weighted by molar-refractivity contribution is 6.29. The van der Waals surface area contributed by atoms with E-state index in [2.05, 4.69) is 92.1 Å². The van der Waals surface area contributed by atoms with E-state index in [1.165, 1.54) is 62.2 Å². The van der Waals surface area contributed by atoms with Crippen molar-refractivity contribution in [3.8, 4) is 5.88 Å². The summed E-state index contributed by atoms with van der Waals surface area (Å²) in [6.45, 7) is 13.0. The molecule has 141 heavy (non-hydrogen) atoms. The number of ether oxygens (including phenoxy) is 1. The molecule has 4 N–H and O–H groups in total. The van der Waals surface area contributed by atoms with Gasteiger partial charge in [0.25, 0.3) is 0 Å². The zero-order chi connectivity index (χ0) is 97.1. The van der Waals surface area contributed by atoms with E-state index in [9.17, 15) is 52.7 Å². The number of benzene rings is 4. The molecule has 8 aliphatic heterocycles. The number of fused-ring (bicyclic) bond motifs is 12. The van der Waals surface area contributed by atoms with Crippen LogP contribution in [0.4, 0.5) is 99.7 Å². The van der Waals surface area contributed by atoms with E-state index in [0.29, 0.717) is 157 Å². The summed E-state index contributed by atoms with van der Waals surface area (Å²) in [6, 6.07) is 17.7. The van der Waals surface area contributed by atoms with Crippen LogP contribution in [0, 0.1) is 131 Å². The Labute approximate surface area is 810 Å². The third-order valence-electron chi connectivity index (χ3n) is 31.1. The Bertz CT molecular complexity index is 6490. The first-order valence-electron chi connectivity index (χ1n) is 49.2. The highest BCUT2D eigenvalue weighted by atomic mass is 35.5. The summed E-state index contributed by atoms with van der Waals surface area (Å²) < 4.78 is 181. The predicted molar refractivity (Wildman–Crippen MR) is 501 cm³/mol. The molecule has 8 bridgehead atoms. The first-order chi connectivity index (χ1) is 68.4. The highest BCUT2D eigenvalue weighted by Gasteiger charge is 2.49. The fourth-order valence-corrected chi connectivity index (χ4v) is 24.4. The van der Waals surface area contributed by atoms with Gasteiger partial charge >= 0.3 is 0 Å². The number of hydrogen-bond donors (Lipinski definition) is 4. The molecule has 42 heteroatoms. The second-order valence-electron chi connectivity index (χ2n) is 39.6. The molecule has 4 saturated heterocycles. The number of halogens is 13. The van der Waals surface area contributed by atoms with E-state index in [1.807, 2.05) is 22.6 Å². The first-order valence-corrected chi connectivity index (χ1v) is 49.6. The fourth-order valence-electron chi connectivity index (χ4n) is 24.2. The van der Waals surface area contributed by atoms with Gasteiger partial charge < -0.3 is 45.6 Å². The topological polar surface area (TPSA) is 296 Å². The van der Waals surface area contributed by atoms with Crippen molar-refractivity contribution >= 4 is 58.7 Å². The summed E-state index contributed by atoms with van der Waals surface area (Å²) in [5, 5.41) is 33.6. The summed E-state index contributed by atoms with van der Waals surface area (Å²) in [4.78, 5) is 61.8. The Kier molecular flexibility index (Phi) is 27.1. The fraction of sp³-hybridized carbons (Fsp3) is 0.515. The van der Waals surface area contributed by atoms with E-state index in [1.54, 1.807) is 46.5 Å². The Hall–Kier alpha value is -12.6. The van der Waals surface area contributed by atoms with Crippen LogP contribution in [0.15, 0.2) is 98.1 Å². The summed E-state index contributed by atoms with van der Waals surface area (Å²) in [6.07, 6.45) is 24.4. The zero-order valence-corrected chi connectivity index (χ0v) is 78.9. The average Bonchev–Trinajstić information content (AvgIpc) is 1.63. The van der Waals surface area contributed by atoms with Crippen molar-refractivity contribution in [3.63, 3.8) is 0 Å². The molecule has 0 amide bonds. The van der Waals surface area contributed by atoms with E-state index in [-0.39, 0.29) is 58.4 Å². The van der Waals surface area contributed by atoms with Gasteiger partial charge in [0.05, 0.1) is 12.8 Å². The minimum absolute atomic E-state index is 0.0831. The van der Waals surface area contributed by atoms with Gasteiger partial charge in [-0.25, -0.2) is 111 Å². The van der Waals surface area contributed by atoms with Crippen LogP contribution in [0.5, 0.6) is 5.88 Å². The molecule has 8 aromatic heterocycles. The highest BCUT2D eigenvalue weighted by Crippen LogP contribution is 2.48. The minimum Gasteiger partial charge on any atom is -0.481 e. The van der Waals surface area contributed by atoms with Gasteiger partial charge in [-0.05, 0) is 200 Å². The number of rotatable bonds is 17. The van der Waals surface area contributed by atoms with Gasteiger partial charge in [0, 0.05) is 167 Å². The molecule has 8 fully saturated rings. The molecular formula is C99H109ClF12N28O. The lowest BCUT2D eigenvalue weighted by molar-refractivity contribution is 0.371. The van der Waals surface area contributed by atoms with Crippen LogP contribution in [-0.4, -0.2) is 183 Å². The molecule has 12 aromatic rings. The second kappa shape index (κ2) is 40.4. The van der Waals surface area contributed by atoms with Gasteiger partial charge in [0.1, 0.15) is 71.2 Å². The number of aromatic nitrogens is 20. The van der Waals surface area contributed by atoms with Gasteiger partial charge in [-0.2, -0.15) is 19.9 Å². The average molecular weight is 1970 g/mol. The number of methoxy groups -OCH3 is 1. The molecule has 4 aromatic carbocycles. The zero-order valence-electron chi connectivity index (χ0n) is 78.2. The first kappa shape index (κ1) is 94.6. The molecule has 0 radical (unpaired) electrons. The normalized spacial score (nSPS) is 25.8. The number of nitrogens with zero attached hydrogens (tertiary/aromatic N) is 24. The second-order valence-corrected chi connectivity index (χ2v) is 40.0. The number of aryl methyl sites for hydroxylation is 6. The Morgan fingerprint density at radius 3 is 1.01 bits per heavy atom. The van der Waals surface area contributed by atoms with E-state index >= 15 is 0 Å². The molecule has 12 aliphatic rings. The summed E-state index contributed by atoms with van der Waals surface area (Å²) in [5.74, 6) is -3.48. The lowest BCUT2D eigenvalue weighted by Crippen LogP contribution is -2.48. The van der Waals surface area contributed by atoms with Crippen LogP contribution < -0.4 is 45.6 Å². The molecule has 7 unspecified atom stereocenters. The summed E-state index contributed by atoms with van der Waals surface area (Å²) in [5.41, 5.74) is 2.44. The Morgan fingerprint density at radius 1 is 0.312 bits per heavy atom. The monoisotopic (exact) mass is 1970 g/mol. The number of hydrogen-bond acceptors (Lipinski definition) is 25. The number of anilines is 8. The SMILES string of the molecule is COc1cc(N2C[C@H]3CC[C@@H](C2)C3Nc2nc3n(n2)CCCCC3c2ccc(F)c(F)c2F)ncn1.Cc1cc(N2C[C@H]3CC[C@@H](C2)C3Nc2nc3n(n2)CCCCC3c2ccc(F)c(F)c2)ncn1.Cc1ncnc(N2C[C@H]3CC[C@@H](C2)C3Nc2nc3n(n2)CCCCC3c2ccc(F)c(F)c2F)c1F.Fc1ccc([C@H]2CCCCn3nc(NC4[C@@H]5CC[C@H]4CN(c4cc(Cl)ncn4)C5)nc32)c(F)c1F. The molecule has 4 saturated carbocycles. The standard InChI is InChI=1S/C25H27F4N7.C25H28F3N7O.C25H29F2N7.C24H25ClF3N7/c1-13-19(27)24(31-12-30-13)35-10-14-5-6-15(11-35)22(14)32-25-33-23-17(4-2-3-9-36(23)34-25)16-7-8-18(26)21(29)20(16)28;1-36-20-10-19(29-13-30-20)34-11-14-5-6-15(12-34)23(14)31-25-32-24-17(4-2-3-9-35(24)33-25)16-7-8-18(26)22(28)21(16)27;1-15-10-22(29-14-28-15)33-12-17-5-6-18(13-33)23(17)30-25-31-24-19(4-2-3-9-34(24)32-25)16-7-8-20(26)21(27)11-16;25-18-9-19(30-12-29-18)34-10-13-4-5-14(11-34)22(13)31-24-32-23-16(3-1-2-8-35(23)33-24)15-6-7-17(26)21(28)20(15)27/h7-8,12,14-15,17,22H,2-6,9-11H2,1H3,(H,32,34);7-8,10,13-15,17,23H,2-6,9,11-12H2,1H3,(H,31,33);7-8,10-11,14,17-19,23H,2-6,9,12-13H2,1H3,(H,30,32);6-7,9,12-14,16,22H,1-5,8,10-11H2,(H,31,33)/t14-,15+,17?,22?;14-,15+,17?,23?;17-,18+,19?,23?;13-,14+,16-,22?/m...1/s1. The lowest BCUT2D eigenvalue weighted by Gasteiger charge is -2.38. The van der Waals surface area contributed by atoms with Crippen molar-refractivity contribution in [2.75, 3.05) is 100 Å². The van der Waals surface area contributed by atoms with Crippen molar-refractivity contribution in [2.24, 2.45) is 47.3 Å². The largest absolute Gasteiger partial charge is 0.481 e. The molecule has 4 aliphatic carbocycles. The number of piperidine rings is 4. The Balaban J connectivity index is 0.000000111. The Morgan fingerprint density at radius 2 is 0.645 bits per heavy atom. The molecule has 0 spiro atoms. The third kappa shape index (κ3) is 19.4. The maximum atomic E-state index is 14.7.